The van der Waals surface area contributed by atoms with Crippen LogP contribution in [0.3, 0.4) is 0 Å². The van der Waals surface area contributed by atoms with Crippen LogP contribution in [0.15, 0.2) is 24.5 Å². The summed E-state index contributed by atoms with van der Waals surface area (Å²) >= 11 is 0. The number of hydrogen-bond donors (Lipinski definition) is 1. The van der Waals surface area contributed by atoms with Crippen LogP contribution < -0.4 is 0 Å². The Balaban J connectivity index is 1.64. The van der Waals surface area contributed by atoms with Gasteiger partial charge in [-0.3, -0.25) is 9.78 Å². The van der Waals surface area contributed by atoms with E-state index in [-0.39, 0.29) is 0 Å². The Morgan fingerprint density at radius 1 is 1.05 bits per heavy atom. The molecule has 2 heterocycles. The fourth-order valence-corrected chi connectivity index (χ4v) is 2.26. The van der Waals surface area contributed by atoms with Crippen LogP contribution in [0.1, 0.15) is 51.9 Å². The number of aromatic nitrogens is 4. The van der Waals surface area contributed by atoms with Gasteiger partial charge in [-0.25, -0.2) is 0 Å². The van der Waals surface area contributed by atoms with Crippen molar-refractivity contribution in [3.8, 4) is 11.4 Å². The van der Waals surface area contributed by atoms with Gasteiger partial charge in [0.2, 0.25) is 0 Å². The average molecular weight is 260 g/mol. The van der Waals surface area contributed by atoms with E-state index in [2.05, 4.69) is 22.2 Å². The minimum atomic E-state index is 0.973. The first-order valence-corrected chi connectivity index (χ1v) is 7.43. The number of rotatable bonds is 9. The molecule has 0 atom stereocenters. The Labute approximate surface area is 115 Å². The van der Waals surface area contributed by atoms with Gasteiger partial charge in [0, 0.05) is 18.9 Å². The van der Waals surface area contributed by atoms with Crippen molar-refractivity contribution >= 4 is 0 Å². The molecule has 0 bridgehead atoms. The summed E-state index contributed by atoms with van der Waals surface area (Å²) in [6, 6.07) is 3.98. The smallest absolute Gasteiger partial charge is 0.110 e. The van der Waals surface area contributed by atoms with Crippen molar-refractivity contribution in [1.82, 2.24) is 20.0 Å². The number of aryl methyl sites for hydroxylation is 1. The van der Waals surface area contributed by atoms with E-state index in [1.807, 2.05) is 23.0 Å². The van der Waals surface area contributed by atoms with Crippen molar-refractivity contribution in [2.75, 3.05) is 0 Å². The molecular formula is C15H24N4. The lowest BCUT2D eigenvalue weighted by molar-refractivity contribution is 0.524. The van der Waals surface area contributed by atoms with Gasteiger partial charge in [-0.05, 0) is 18.6 Å². The van der Waals surface area contributed by atoms with Crippen LogP contribution in [-0.2, 0) is 6.54 Å². The SMILES string of the molecule is CCCCCCCCCn1ccc(-c2ccn[nH]2)n1. The van der Waals surface area contributed by atoms with Gasteiger partial charge < -0.3 is 0 Å². The molecule has 0 spiro atoms. The molecule has 19 heavy (non-hydrogen) atoms. The molecule has 0 saturated carbocycles. The Kier molecular flexibility index (Phi) is 5.66. The number of H-pyrrole nitrogens is 1. The largest absolute Gasteiger partial charge is 0.276 e. The maximum absolute atomic E-state index is 4.55. The topological polar surface area (TPSA) is 46.5 Å². The molecule has 2 rings (SSSR count). The fourth-order valence-electron chi connectivity index (χ4n) is 2.26. The second kappa shape index (κ2) is 7.77. The lowest BCUT2D eigenvalue weighted by Crippen LogP contribution is -1.98. The molecule has 0 fully saturated rings. The van der Waals surface area contributed by atoms with Gasteiger partial charge in [0.25, 0.3) is 0 Å². The standard InChI is InChI=1S/C15H24N4/c1-2-3-4-5-6-7-8-12-19-13-10-15(18-19)14-9-11-16-17-14/h9-11,13H,2-8,12H2,1H3,(H,16,17). The van der Waals surface area contributed by atoms with Crippen LogP contribution in [0.2, 0.25) is 0 Å². The predicted octanol–water partition coefficient (Wildman–Crippen LogP) is 4.02. The number of unbranched alkanes of at least 4 members (excludes halogenated alkanes) is 6. The number of nitrogens with zero attached hydrogens (tertiary/aromatic N) is 3. The monoisotopic (exact) mass is 260 g/mol. The summed E-state index contributed by atoms with van der Waals surface area (Å²) in [5, 5.41) is 11.4. The molecule has 2 aromatic heterocycles. The minimum absolute atomic E-state index is 0.973. The first kappa shape index (κ1) is 13.8. The predicted molar refractivity (Wildman–Crippen MR) is 77.8 cm³/mol. The van der Waals surface area contributed by atoms with Crippen LogP contribution in [0, 0.1) is 0 Å². The Bertz CT molecular complexity index is 444. The molecule has 1 N–H and O–H groups in total. The number of hydrogen-bond acceptors (Lipinski definition) is 2. The van der Waals surface area contributed by atoms with E-state index in [0.717, 1.165) is 17.9 Å². The Morgan fingerprint density at radius 3 is 2.58 bits per heavy atom. The summed E-state index contributed by atoms with van der Waals surface area (Å²) in [6.45, 7) is 3.27. The van der Waals surface area contributed by atoms with Crippen molar-refractivity contribution in [3.63, 3.8) is 0 Å². The summed E-state index contributed by atoms with van der Waals surface area (Å²) in [6.07, 6.45) is 13.2. The van der Waals surface area contributed by atoms with Crippen molar-refractivity contribution in [1.29, 1.82) is 0 Å². The Morgan fingerprint density at radius 2 is 1.84 bits per heavy atom. The van der Waals surface area contributed by atoms with Gasteiger partial charge in [-0.15, -0.1) is 0 Å². The third kappa shape index (κ3) is 4.54. The fraction of sp³-hybridized carbons (Fsp3) is 0.600. The van der Waals surface area contributed by atoms with Crippen molar-refractivity contribution in [2.24, 2.45) is 0 Å². The zero-order chi connectivity index (χ0) is 13.3. The van der Waals surface area contributed by atoms with Crippen molar-refractivity contribution < 1.29 is 0 Å². The molecule has 4 nitrogen and oxygen atoms in total. The molecule has 4 heteroatoms. The molecule has 0 amide bonds. The summed E-state index contributed by atoms with van der Waals surface area (Å²) in [5.74, 6) is 0. The Hall–Kier alpha value is -1.58. The highest BCUT2D eigenvalue weighted by atomic mass is 15.3. The van der Waals surface area contributed by atoms with E-state index in [0.29, 0.717) is 0 Å². The minimum Gasteiger partial charge on any atom is -0.276 e. The summed E-state index contributed by atoms with van der Waals surface area (Å²) < 4.78 is 2.03. The maximum atomic E-state index is 4.55. The number of nitrogens with one attached hydrogen (secondary N) is 1. The molecule has 0 radical (unpaired) electrons. The summed E-state index contributed by atoms with van der Waals surface area (Å²) in [7, 11) is 0. The lowest BCUT2D eigenvalue weighted by atomic mass is 10.1. The molecule has 0 unspecified atom stereocenters. The van der Waals surface area contributed by atoms with Gasteiger partial charge in [-0.1, -0.05) is 45.4 Å². The van der Waals surface area contributed by atoms with Crippen LogP contribution in [0.25, 0.3) is 11.4 Å². The summed E-state index contributed by atoms with van der Waals surface area (Å²) in [5.41, 5.74) is 1.96. The van der Waals surface area contributed by atoms with E-state index < -0.39 is 0 Å². The zero-order valence-electron chi connectivity index (χ0n) is 11.8. The maximum Gasteiger partial charge on any atom is 0.110 e. The molecule has 104 valence electrons. The van der Waals surface area contributed by atoms with Gasteiger partial charge in [0.05, 0.1) is 5.69 Å². The van der Waals surface area contributed by atoms with Crippen LogP contribution in [0.5, 0.6) is 0 Å². The van der Waals surface area contributed by atoms with E-state index in [9.17, 15) is 0 Å². The van der Waals surface area contributed by atoms with Gasteiger partial charge in [0.1, 0.15) is 5.69 Å². The molecule has 2 aromatic rings. The first-order valence-electron chi connectivity index (χ1n) is 7.43. The van der Waals surface area contributed by atoms with Crippen molar-refractivity contribution in [2.45, 2.75) is 58.4 Å². The van der Waals surface area contributed by atoms with Crippen LogP contribution in [0.4, 0.5) is 0 Å². The zero-order valence-corrected chi connectivity index (χ0v) is 11.8. The van der Waals surface area contributed by atoms with E-state index in [1.165, 1.54) is 44.9 Å². The highest BCUT2D eigenvalue weighted by Crippen LogP contribution is 2.13. The van der Waals surface area contributed by atoms with Gasteiger partial charge >= 0.3 is 0 Å². The molecule has 0 aliphatic heterocycles. The van der Waals surface area contributed by atoms with Gasteiger partial charge in [0.15, 0.2) is 0 Å². The molecule has 0 aliphatic carbocycles. The normalized spacial score (nSPS) is 11.0. The van der Waals surface area contributed by atoms with Crippen LogP contribution >= 0.6 is 0 Å². The van der Waals surface area contributed by atoms with Gasteiger partial charge in [-0.2, -0.15) is 10.2 Å². The molecule has 0 aromatic carbocycles. The second-order valence-corrected chi connectivity index (χ2v) is 5.06. The van der Waals surface area contributed by atoms with E-state index in [1.54, 1.807) is 6.20 Å². The second-order valence-electron chi connectivity index (χ2n) is 5.06. The highest BCUT2D eigenvalue weighted by Gasteiger charge is 2.02. The average Bonchev–Trinajstić information content (AvgIpc) is 3.08. The number of aromatic amines is 1. The van der Waals surface area contributed by atoms with Crippen LogP contribution in [-0.4, -0.2) is 20.0 Å². The van der Waals surface area contributed by atoms with E-state index >= 15 is 0 Å². The molecule has 0 saturated heterocycles. The highest BCUT2D eigenvalue weighted by molar-refractivity contribution is 5.51. The third-order valence-electron chi connectivity index (χ3n) is 3.41. The van der Waals surface area contributed by atoms with E-state index in [4.69, 9.17) is 0 Å². The third-order valence-corrected chi connectivity index (χ3v) is 3.41. The molecule has 0 aliphatic rings. The lowest BCUT2D eigenvalue weighted by Gasteiger charge is -2.02. The first-order chi connectivity index (χ1) is 9.40. The summed E-state index contributed by atoms with van der Waals surface area (Å²) in [4.78, 5) is 0. The molecular weight excluding hydrogens is 236 g/mol. The quantitative estimate of drug-likeness (QED) is 0.692. The van der Waals surface area contributed by atoms with Crippen molar-refractivity contribution in [3.05, 3.63) is 24.5 Å².